The Bertz CT molecular complexity index is 1140. The van der Waals surface area contributed by atoms with Crippen molar-refractivity contribution in [3.63, 3.8) is 0 Å². The predicted octanol–water partition coefficient (Wildman–Crippen LogP) is 4.46. The van der Waals surface area contributed by atoms with Gasteiger partial charge in [0.15, 0.2) is 5.13 Å². The van der Waals surface area contributed by atoms with Gasteiger partial charge in [0.2, 0.25) is 5.91 Å². The molecule has 172 valence electrons. The summed E-state index contributed by atoms with van der Waals surface area (Å²) in [5, 5.41) is 5.28. The van der Waals surface area contributed by atoms with Crippen molar-refractivity contribution in [1.82, 2.24) is 9.88 Å². The van der Waals surface area contributed by atoms with Crippen molar-refractivity contribution in [3.05, 3.63) is 59.2 Å². The number of anilines is 1. The van der Waals surface area contributed by atoms with Gasteiger partial charge in [-0.15, -0.1) is 11.3 Å². The van der Waals surface area contributed by atoms with E-state index in [-0.39, 0.29) is 23.5 Å². The van der Waals surface area contributed by atoms with Crippen LogP contribution in [0.5, 0.6) is 11.5 Å². The second-order valence-corrected chi connectivity index (χ2v) is 8.52. The van der Waals surface area contributed by atoms with E-state index in [4.69, 9.17) is 9.47 Å². The molecule has 0 saturated carbocycles. The molecule has 0 atom stereocenters. The van der Waals surface area contributed by atoms with Gasteiger partial charge in [0, 0.05) is 41.6 Å². The number of piperidine rings is 1. The monoisotopic (exact) mass is 469 g/mol. The third-order valence-electron chi connectivity index (χ3n) is 5.66. The zero-order chi connectivity index (χ0) is 23.4. The minimum absolute atomic E-state index is 0.105. The highest BCUT2D eigenvalue weighted by Crippen LogP contribution is 2.35. The predicted molar refractivity (Wildman–Crippen MR) is 124 cm³/mol. The van der Waals surface area contributed by atoms with E-state index in [9.17, 15) is 14.0 Å². The largest absolute Gasteiger partial charge is 0.497 e. The Hall–Kier alpha value is -3.46. The number of nitrogens with one attached hydrogen (secondary N) is 1. The fraction of sp³-hybridized carbons (Fsp3) is 0.292. The molecule has 1 aliphatic rings. The van der Waals surface area contributed by atoms with Crippen LogP contribution < -0.4 is 14.8 Å². The summed E-state index contributed by atoms with van der Waals surface area (Å²) in [6.45, 7) is 0.945. The molecule has 2 aromatic carbocycles. The van der Waals surface area contributed by atoms with Crippen molar-refractivity contribution >= 4 is 28.3 Å². The quantitative estimate of drug-likeness (QED) is 0.577. The fourth-order valence-corrected chi connectivity index (χ4v) is 4.51. The van der Waals surface area contributed by atoms with E-state index in [0.29, 0.717) is 53.8 Å². The van der Waals surface area contributed by atoms with Crippen LogP contribution in [0.2, 0.25) is 0 Å². The number of carbonyl (C=O) groups is 2. The first-order valence-corrected chi connectivity index (χ1v) is 11.4. The number of methoxy groups -OCH3 is 2. The molecule has 1 fully saturated rings. The van der Waals surface area contributed by atoms with Gasteiger partial charge < -0.3 is 19.7 Å². The molecule has 1 aliphatic heterocycles. The van der Waals surface area contributed by atoms with E-state index in [1.807, 2.05) is 17.5 Å². The number of hydrogen-bond donors (Lipinski definition) is 1. The number of rotatable bonds is 6. The first kappa shape index (κ1) is 22.7. The van der Waals surface area contributed by atoms with Gasteiger partial charge >= 0.3 is 0 Å². The third kappa shape index (κ3) is 5.14. The number of thiazole rings is 1. The average molecular weight is 470 g/mol. The molecule has 2 amide bonds. The van der Waals surface area contributed by atoms with Gasteiger partial charge in [-0.3, -0.25) is 9.59 Å². The SMILES string of the molecule is COc1ccc(-c2csc(NC(=O)C3CCN(C(=O)c4ccc(F)cc4)CC3)n2)c(OC)c1. The Morgan fingerprint density at radius 3 is 2.48 bits per heavy atom. The van der Waals surface area contributed by atoms with Crippen molar-refractivity contribution in [2.75, 3.05) is 32.6 Å². The van der Waals surface area contributed by atoms with Crippen molar-refractivity contribution in [1.29, 1.82) is 0 Å². The van der Waals surface area contributed by atoms with E-state index in [0.717, 1.165) is 5.56 Å². The van der Waals surface area contributed by atoms with Crippen LogP contribution in [0.4, 0.5) is 9.52 Å². The Morgan fingerprint density at radius 1 is 1.09 bits per heavy atom. The maximum atomic E-state index is 13.1. The minimum Gasteiger partial charge on any atom is -0.497 e. The minimum atomic E-state index is -0.377. The summed E-state index contributed by atoms with van der Waals surface area (Å²) in [4.78, 5) is 31.6. The highest BCUT2D eigenvalue weighted by Gasteiger charge is 2.28. The number of amides is 2. The first-order chi connectivity index (χ1) is 16.0. The van der Waals surface area contributed by atoms with Crippen molar-refractivity contribution < 1.29 is 23.5 Å². The van der Waals surface area contributed by atoms with E-state index < -0.39 is 0 Å². The highest BCUT2D eigenvalue weighted by atomic mass is 32.1. The lowest BCUT2D eigenvalue weighted by Crippen LogP contribution is -2.41. The summed E-state index contributed by atoms with van der Waals surface area (Å²) in [7, 11) is 3.18. The van der Waals surface area contributed by atoms with Crippen LogP contribution in [0, 0.1) is 11.7 Å². The number of hydrogen-bond acceptors (Lipinski definition) is 6. The summed E-state index contributed by atoms with van der Waals surface area (Å²) in [5.74, 6) is 0.487. The van der Waals surface area contributed by atoms with Gasteiger partial charge in [0.05, 0.1) is 19.9 Å². The van der Waals surface area contributed by atoms with E-state index >= 15 is 0 Å². The molecule has 0 bridgehead atoms. The topological polar surface area (TPSA) is 80.8 Å². The zero-order valence-electron chi connectivity index (χ0n) is 18.3. The molecule has 2 heterocycles. The molecule has 33 heavy (non-hydrogen) atoms. The maximum Gasteiger partial charge on any atom is 0.253 e. The lowest BCUT2D eigenvalue weighted by molar-refractivity contribution is -0.121. The molecule has 3 aromatic rings. The lowest BCUT2D eigenvalue weighted by Gasteiger charge is -2.31. The fourth-order valence-electron chi connectivity index (χ4n) is 3.79. The molecule has 0 unspecified atom stereocenters. The van der Waals surface area contributed by atoms with Gasteiger partial charge in [-0.2, -0.15) is 0 Å². The van der Waals surface area contributed by atoms with E-state index in [2.05, 4.69) is 10.3 Å². The molecule has 9 heteroatoms. The molecular formula is C24H24FN3O4S. The van der Waals surface area contributed by atoms with Crippen LogP contribution in [-0.4, -0.2) is 49.0 Å². The van der Waals surface area contributed by atoms with Crippen LogP contribution in [0.1, 0.15) is 23.2 Å². The molecule has 0 spiro atoms. The number of halogens is 1. The first-order valence-electron chi connectivity index (χ1n) is 10.5. The van der Waals surface area contributed by atoms with Crippen molar-refractivity contribution in [2.45, 2.75) is 12.8 Å². The molecule has 4 rings (SSSR count). The number of likely N-dealkylation sites (tertiary alicyclic amines) is 1. The normalized spacial score (nSPS) is 14.1. The summed E-state index contributed by atoms with van der Waals surface area (Å²) in [5.41, 5.74) is 1.96. The highest BCUT2D eigenvalue weighted by molar-refractivity contribution is 7.14. The second-order valence-electron chi connectivity index (χ2n) is 7.67. The summed E-state index contributed by atoms with van der Waals surface area (Å²) in [6.07, 6.45) is 1.12. The molecule has 1 N–H and O–H groups in total. The molecule has 0 aliphatic carbocycles. The smallest absolute Gasteiger partial charge is 0.253 e. The van der Waals surface area contributed by atoms with E-state index in [1.165, 1.54) is 35.6 Å². The summed E-state index contributed by atoms with van der Waals surface area (Å²) in [6, 6.07) is 11.0. The van der Waals surface area contributed by atoms with Gasteiger partial charge in [0.1, 0.15) is 17.3 Å². The van der Waals surface area contributed by atoms with Crippen LogP contribution in [-0.2, 0) is 4.79 Å². The molecule has 7 nitrogen and oxygen atoms in total. The number of benzene rings is 2. The lowest BCUT2D eigenvalue weighted by atomic mass is 9.95. The summed E-state index contributed by atoms with van der Waals surface area (Å²) >= 11 is 1.34. The van der Waals surface area contributed by atoms with Gasteiger partial charge in [0.25, 0.3) is 5.91 Å². The zero-order valence-corrected chi connectivity index (χ0v) is 19.2. The van der Waals surface area contributed by atoms with Crippen molar-refractivity contribution in [2.24, 2.45) is 5.92 Å². The van der Waals surface area contributed by atoms with Gasteiger partial charge in [-0.25, -0.2) is 9.37 Å². The standard InChI is InChI=1S/C24H24FN3O4S/c1-31-18-7-8-19(21(13-18)32-2)20-14-33-24(26-20)27-22(29)15-9-11-28(12-10-15)23(30)16-3-5-17(25)6-4-16/h3-8,13-15H,9-12H2,1-2H3,(H,26,27,29). The molecule has 1 saturated heterocycles. The van der Waals surface area contributed by atoms with Gasteiger partial charge in [-0.05, 0) is 49.2 Å². The molecular weight excluding hydrogens is 445 g/mol. The van der Waals surface area contributed by atoms with Gasteiger partial charge in [-0.1, -0.05) is 0 Å². The Labute approximate surface area is 195 Å². The maximum absolute atomic E-state index is 13.1. The van der Waals surface area contributed by atoms with Crippen LogP contribution in [0.15, 0.2) is 47.8 Å². The summed E-state index contributed by atoms with van der Waals surface area (Å²) < 4.78 is 23.8. The van der Waals surface area contributed by atoms with Crippen LogP contribution in [0.3, 0.4) is 0 Å². The van der Waals surface area contributed by atoms with Crippen molar-refractivity contribution in [3.8, 4) is 22.8 Å². The number of aromatic nitrogens is 1. The van der Waals surface area contributed by atoms with Crippen LogP contribution >= 0.6 is 11.3 Å². The number of nitrogens with zero attached hydrogens (tertiary/aromatic N) is 2. The number of ether oxygens (including phenoxy) is 2. The second kappa shape index (κ2) is 9.99. The number of carbonyl (C=O) groups excluding carboxylic acids is 2. The molecule has 1 aromatic heterocycles. The average Bonchev–Trinajstić information content (AvgIpc) is 3.31. The molecule has 0 radical (unpaired) electrons. The Morgan fingerprint density at radius 2 is 1.82 bits per heavy atom. The Kier molecular flexibility index (Phi) is 6.88. The third-order valence-corrected chi connectivity index (χ3v) is 6.42. The van der Waals surface area contributed by atoms with Crippen LogP contribution in [0.25, 0.3) is 11.3 Å². The Balaban J connectivity index is 1.35. The van der Waals surface area contributed by atoms with E-state index in [1.54, 1.807) is 25.2 Å².